The first-order valence-electron chi connectivity index (χ1n) is 3.33. The van der Waals surface area contributed by atoms with Crippen molar-refractivity contribution in [2.75, 3.05) is 0 Å². The van der Waals surface area contributed by atoms with Crippen LogP contribution >= 0.6 is 23.2 Å². The number of hydrogen-bond acceptors (Lipinski definition) is 1. The van der Waals surface area contributed by atoms with Crippen LogP contribution in [0.2, 0.25) is 0 Å². The highest BCUT2D eigenvalue weighted by Gasteiger charge is 2.85. The van der Waals surface area contributed by atoms with Crippen molar-refractivity contribution in [3.05, 3.63) is 0 Å². The van der Waals surface area contributed by atoms with Gasteiger partial charge < -0.3 is 0 Å². The lowest BCUT2D eigenvalue weighted by atomic mass is 10.0. The summed E-state index contributed by atoms with van der Waals surface area (Å²) in [5.74, 6) is 0. The van der Waals surface area contributed by atoms with E-state index in [1.54, 1.807) is 0 Å². The molecular formula is C5HCl2F9O. The quantitative estimate of drug-likeness (QED) is 0.560. The number of halogens is 11. The van der Waals surface area contributed by atoms with Gasteiger partial charge in [0.2, 0.25) is 5.02 Å². The molecule has 0 saturated heterocycles. The molecule has 0 saturated carbocycles. The zero-order chi connectivity index (χ0) is 14.3. The normalized spacial score (nSPS) is 15.5. The third kappa shape index (κ3) is 3.02. The third-order valence-corrected chi connectivity index (χ3v) is 1.60. The largest absolute Gasteiger partial charge is 0.440 e. The minimum absolute atomic E-state index is 2.64. The lowest BCUT2D eigenvalue weighted by molar-refractivity contribution is -0.448. The van der Waals surface area contributed by atoms with Crippen LogP contribution in [0.4, 0.5) is 39.5 Å². The van der Waals surface area contributed by atoms with E-state index in [4.69, 9.17) is 0 Å². The molecule has 0 aromatic rings. The van der Waals surface area contributed by atoms with Crippen LogP contribution in [0.1, 0.15) is 0 Å². The van der Waals surface area contributed by atoms with Crippen LogP contribution in [-0.4, -0.2) is 29.2 Å². The molecular weight excluding hydrogens is 318 g/mol. The molecule has 0 aromatic carbocycles. The summed E-state index contributed by atoms with van der Waals surface area (Å²) in [6, 6.07) is 0. The maximum absolute atomic E-state index is 12.7. The van der Waals surface area contributed by atoms with Crippen LogP contribution in [-0.2, 0) is 4.74 Å². The van der Waals surface area contributed by atoms with Crippen molar-refractivity contribution in [2.24, 2.45) is 0 Å². The van der Waals surface area contributed by atoms with E-state index in [-0.39, 0.29) is 0 Å². The highest BCUT2D eigenvalue weighted by Crippen LogP contribution is 2.55. The standard InChI is InChI=1S/C5HCl2F9O/c6-1(7)17-5(15,16)2(8,3(9,10)11)4(12,13)14/h1H. The zero-order valence-corrected chi connectivity index (χ0v) is 8.66. The average Bonchev–Trinajstić information content (AvgIpc) is 1.95. The molecule has 104 valence electrons. The molecule has 0 radical (unpaired) electrons. The van der Waals surface area contributed by atoms with Gasteiger partial charge >= 0.3 is 24.1 Å². The van der Waals surface area contributed by atoms with Crippen molar-refractivity contribution in [3.63, 3.8) is 0 Å². The van der Waals surface area contributed by atoms with E-state index in [1.807, 2.05) is 0 Å². The summed E-state index contributed by atoms with van der Waals surface area (Å²) in [7, 11) is 0. The molecule has 0 heterocycles. The summed E-state index contributed by atoms with van der Waals surface area (Å²) in [6.45, 7) is 0. The Labute approximate surface area is 97.4 Å². The van der Waals surface area contributed by atoms with Gasteiger partial charge in [-0.2, -0.15) is 35.1 Å². The predicted molar refractivity (Wildman–Crippen MR) is 37.5 cm³/mol. The van der Waals surface area contributed by atoms with Gasteiger partial charge in [-0.05, 0) is 0 Å². The third-order valence-electron chi connectivity index (χ3n) is 1.42. The Bertz CT molecular complexity index is 256. The van der Waals surface area contributed by atoms with Crippen molar-refractivity contribution >= 4 is 23.2 Å². The van der Waals surface area contributed by atoms with Crippen molar-refractivity contribution in [1.82, 2.24) is 0 Å². The summed E-state index contributed by atoms with van der Waals surface area (Å²) in [5, 5.41) is -2.79. The molecule has 0 rings (SSSR count). The van der Waals surface area contributed by atoms with Crippen molar-refractivity contribution < 1.29 is 44.3 Å². The van der Waals surface area contributed by atoms with Crippen LogP contribution in [0.5, 0.6) is 0 Å². The van der Waals surface area contributed by atoms with Gasteiger partial charge in [0.15, 0.2) is 0 Å². The Kier molecular flexibility index (Phi) is 4.52. The van der Waals surface area contributed by atoms with Crippen molar-refractivity contribution in [3.8, 4) is 0 Å². The zero-order valence-electron chi connectivity index (χ0n) is 7.14. The predicted octanol–water partition coefficient (Wildman–Crippen LogP) is 4.19. The second-order valence-corrected chi connectivity index (χ2v) is 3.57. The van der Waals surface area contributed by atoms with E-state index in [1.165, 1.54) is 0 Å². The smallest absolute Gasteiger partial charge is 0.283 e. The van der Waals surface area contributed by atoms with E-state index in [9.17, 15) is 39.5 Å². The lowest BCUT2D eigenvalue weighted by Gasteiger charge is -2.35. The van der Waals surface area contributed by atoms with Gasteiger partial charge in [0.25, 0.3) is 0 Å². The van der Waals surface area contributed by atoms with Crippen molar-refractivity contribution in [1.29, 1.82) is 0 Å². The fourth-order valence-corrected chi connectivity index (χ4v) is 0.908. The number of rotatable bonds is 3. The summed E-state index contributed by atoms with van der Waals surface area (Å²) >= 11 is 8.86. The van der Waals surface area contributed by atoms with Gasteiger partial charge in [-0.1, -0.05) is 23.2 Å². The minimum atomic E-state index is -6.97. The summed E-state index contributed by atoms with van der Waals surface area (Å²) in [4.78, 5) is 0. The molecule has 0 bridgehead atoms. The number of alkyl halides is 11. The molecule has 0 atom stereocenters. The van der Waals surface area contributed by atoms with Gasteiger partial charge in [-0.15, -0.1) is 0 Å². The molecule has 0 fully saturated rings. The van der Waals surface area contributed by atoms with Crippen LogP contribution in [0, 0.1) is 0 Å². The number of ether oxygens (including phenoxy) is 1. The van der Waals surface area contributed by atoms with Crippen molar-refractivity contribution in [2.45, 2.75) is 29.2 Å². The molecule has 0 unspecified atom stereocenters. The van der Waals surface area contributed by atoms with Gasteiger partial charge in [0.1, 0.15) is 0 Å². The monoisotopic (exact) mass is 318 g/mol. The van der Waals surface area contributed by atoms with E-state index < -0.39 is 29.2 Å². The maximum atomic E-state index is 12.7. The highest BCUT2D eigenvalue weighted by atomic mass is 35.5. The Hall–Kier alpha value is -0.0900. The fourth-order valence-electron chi connectivity index (χ4n) is 0.684. The second kappa shape index (κ2) is 4.54. The topological polar surface area (TPSA) is 9.23 Å². The SMILES string of the molecule is FC(F)(F)C(F)(C(F)(F)F)C(F)(F)OC(Cl)Cl. The molecule has 0 aliphatic carbocycles. The Morgan fingerprint density at radius 3 is 1.18 bits per heavy atom. The summed E-state index contributed by atoms with van der Waals surface area (Å²) in [5.41, 5.74) is -6.92. The summed E-state index contributed by atoms with van der Waals surface area (Å²) in [6.07, 6.45) is -20.3. The first kappa shape index (κ1) is 16.9. The Morgan fingerprint density at radius 1 is 0.706 bits per heavy atom. The highest BCUT2D eigenvalue weighted by molar-refractivity contribution is 6.43. The van der Waals surface area contributed by atoms with Crippen LogP contribution in [0.25, 0.3) is 0 Å². The van der Waals surface area contributed by atoms with E-state index in [0.29, 0.717) is 0 Å². The first-order chi connectivity index (χ1) is 7.17. The Balaban J connectivity index is 5.66. The first-order valence-corrected chi connectivity index (χ1v) is 4.20. The average molecular weight is 319 g/mol. The van der Waals surface area contributed by atoms with Gasteiger partial charge in [-0.3, -0.25) is 4.74 Å². The van der Waals surface area contributed by atoms with E-state index in [2.05, 4.69) is 27.9 Å². The molecule has 1 nitrogen and oxygen atoms in total. The van der Waals surface area contributed by atoms with Crippen LogP contribution in [0.15, 0.2) is 0 Å². The molecule has 12 heteroatoms. The lowest BCUT2D eigenvalue weighted by Crippen LogP contribution is -2.65. The second-order valence-electron chi connectivity index (χ2n) is 2.55. The molecule has 17 heavy (non-hydrogen) atoms. The minimum Gasteiger partial charge on any atom is -0.283 e. The van der Waals surface area contributed by atoms with Crippen LogP contribution in [0.3, 0.4) is 0 Å². The fraction of sp³-hybridized carbons (Fsp3) is 1.00. The van der Waals surface area contributed by atoms with E-state index in [0.717, 1.165) is 0 Å². The molecule has 0 aliphatic heterocycles. The molecule has 0 amide bonds. The molecule has 0 N–H and O–H groups in total. The Morgan fingerprint density at radius 2 is 1.00 bits per heavy atom. The van der Waals surface area contributed by atoms with Gasteiger partial charge in [0, 0.05) is 0 Å². The molecule has 0 spiro atoms. The number of hydrogen-bond donors (Lipinski definition) is 0. The molecule has 0 aliphatic rings. The maximum Gasteiger partial charge on any atom is 0.440 e. The van der Waals surface area contributed by atoms with Crippen LogP contribution < -0.4 is 0 Å². The van der Waals surface area contributed by atoms with E-state index >= 15 is 0 Å². The molecule has 0 aromatic heterocycles. The van der Waals surface area contributed by atoms with Gasteiger partial charge in [0.05, 0.1) is 0 Å². The summed E-state index contributed by atoms with van der Waals surface area (Å²) < 4.78 is 111. The van der Waals surface area contributed by atoms with Gasteiger partial charge in [-0.25, -0.2) is 4.39 Å².